The van der Waals surface area contributed by atoms with Gasteiger partial charge < -0.3 is 14.6 Å². The molecule has 5 nitrogen and oxygen atoms in total. The number of para-hydroxylation sites is 2. The minimum absolute atomic E-state index is 0.0131. The van der Waals surface area contributed by atoms with Crippen LogP contribution in [0.2, 0.25) is 0 Å². The number of aryl methyl sites for hydroxylation is 1. The van der Waals surface area contributed by atoms with Gasteiger partial charge in [-0.25, -0.2) is 4.98 Å². The van der Waals surface area contributed by atoms with Gasteiger partial charge in [0.15, 0.2) is 5.16 Å². The molecule has 0 bridgehead atoms. The average molecular weight is 364 g/mol. The minimum Gasteiger partial charge on any atom is -0.383 e. The molecule has 6 heteroatoms. The van der Waals surface area contributed by atoms with Crippen LogP contribution in [0.3, 0.4) is 0 Å². The van der Waals surface area contributed by atoms with E-state index in [2.05, 4.69) is 22.9 Å². The van der Waals surface area contributed by atoms with Crippen molar-refractivity contribution in [3.8, 4) is 0 Å². The molecule has 0 saturated carbocycles. The Labute approximate surface area is 154 Å². The summed E-state index contributed by atoms with van der Waals surface area (Å²) in [6, 6.07) is 8.20. The molecule has 1 amide bonds. The summed E-state index contributed by atoms with van der Waals surface area (Å²) in [6.45, 7) is 5.63. The van der Waals surface area contributed by atoms with E-state index in [-0.39, 0.29) is 11.9 Å². The average Bonchev–Trinajstić information content (AvgIpc) is 2.95. The summed E-state index contributed by atoms with van der Waals surface area (Å²) in [5, 5.41) is 3.87. The van der Waals surface area contributed by atoms with Crippen LogP contribution in [0.1, 0.15) is 39.5 Å². The highest BCUT2D eigenvalue weighted by molar-refractivity contribution is 7.99. The van der Waals surface area contributed by atoms with E-state index in [9.17, 15) is 4.79 Å². The van der Waals surface area contributed by atoms with Crippen molar-refractivity contribution in [1.29, 1.82) is 0 Å². The lowest BCUT2D eigenvalue weighted by Gasteiger charge is -2.13. The fraction of sp³-hybridized carbons (Fsp3) is 0.579. The Morgan fingerprint density at radius 3 is 2.88 bits per heavy atom. The van der Waals surface area contributed by atoms with Crippen LogP contribution in [0.25, 0.3) is 11.0 Å². The van der Waals surface area contributed by atoms with Gasteiger partial charge in [-0.1, -0.05) is 50.1 Å². The number of carbonyl (C=O) groups excluding carboxylic acids is 1. The van der Waals surface area contributed by atoms with Crippen LogP contribution in [0.4, 0.5) is 0 Å². The third-order valence-electron chi connectivity index (χ3n) is 4.01. The lowest BCUT2D eigenvalue weighted by Crippen LogP contribution is -2.36. The van der Waals surface area contributed by atoms with E-state index in [0.29, 0.717) is 12.4 Å². The Balaban J connectivity index is 2.02. The molecule has 25 heavy (non-hydrogen) atoms. The Morgan fingerprint density at radius 1 is 1.32 bits per heavy atom. The first kappa shape index (κ1) is 19.8. The quantitative estimate of drug-likeness (QED) is 0.486. The van der Waals surface area contributed by atoms with Gasteiger partial charge in [-0.15, -0.1) is 0 Å². The van der Waals surface area contributed by atoms with Gasteiger partial charge in [0, 0.05) is 19.7 Å². The van der Waals surface area contributed by atoms with E-state index < -0.39 is 0 Å². The molecule has 0 aliphatic carbocycles. The predicted molar refractivity (Wildman–Crippen MR) is 104 cm³/mol. The van der Waals surface area contributed by atoms with Gasteiger partial charge in [0.1, 0.15) is 0 Å². The molecule has 0 spiro atoms. The highest BCUT2D eigenvalue weighted by Gasteiger charge is 2.13. The molecule has 1 N–H and O–H groups in total. The van der Waals surface area contributed by atoms with Gasteiger partial charge in [0.05, 0.1) is 23.4 Å². The van der Waals surface area contributed by atoms with Gasteiger partial charge >= 0.3 is 0 Å². The standard InChI is InChI=1S/C19H29N3O2S/c1-4-5-6-9-12-22-17-11-8-7-10-16(17)21-19(22)25-14-18(23)20-15(2)13-24-3/h7-8,10-11,15H,4-6,9,12-14H2,1-3H3,(H,20,23). The van der Waals surface area contributed by atoms with Crippen molar-refractivity contribution >= 4 is 28.7 Å². The SMILES string of the molecule is CCCCCCn1c(SCC(=O)NC(C)COC)nc2ccccc21. The normalized spacial score (nSPS) is 12.4. The number of aromatic nitrogens is 2. The Kier molecular flexibility index (Phi) is 8.28. The molecule has 0 aliphatic heterocycles. The van der Waals surface area contributed by atoms with Crippen LogP contribution in [-0.2, 0) is 16.1 Å². The minimum atomic E-state index is 0.0131. The monoisotopic (exact) mass is 363 g/mol. The number of ether oxygens (including phenoxy) is 1. The lowest BCUT2D eigenvalue weighted by atomic mass is 10.2. The summed E-state index contributed by atoms with van der Waals surface area (Å²) < 4.78 is 7.30. The Hall–Kier alpha value is -1.53. The number of carbonyl (C=O) groups is 1. The molecule has 1 unspecified atom stereocenters. The maximum atomic E-state index is 12.1. The smallest absolute Gasteiger partial charge is 0.230 e. The molecule has 1 aromatic heterocycles. The van der Waals surface area contributed by atoms with Crippen LogP contribution in [0.5, 0.6) is 0 Å². The first-order valence-corrected chi connectivity index (χ1v) is 10.0. The molecule has 1 aromatic carbocycles. The second-order valence-electron chi connectivity index (χ2n) is 6.31. The fourth-order valence-electron chi connectivity index (χ4n) is 2.81. The van der Waals surface area contributed by atoms with Crippen molar-refractivity contribution in [1.82, 2.24) is 14.9 Å². The van der Waals surface area contributed by atoms with E-state index in [1.807, 2.05) is 25.1 Å². The number of hydrogen-bond donors (Lipinski definition) is 1. The van der Waals surface area contributed by atoms with Crippen LogP contribution in [0, 0.1) is 0 Å². The molecule has 1 heterocycles. The van der Waals surface area contributed by atoms with Crippen molar-refractivity contribution in [3.05, 3.63) is 24.3 Å². The van der Waals surface area contributed by atoms with Crippen molar-refractivity contribution < 1.29 is 9.53 Å². The first-order chi connectivity index (χ1) is 12.2. The van der Waals surface area contributed by atoms with E-state index in [1.54, 1.807) is 7.11 Å². The summed E-state index contributed by atoms with van der Waals surface area (Å²) in [7, 11) is 1.64. The summed E-state index contributed by atoms with van der Waals surface area (Å²) in [5.41, 5.74) is 2.14. The number of rotatable bonds is 11. The number of imidazole rings is 1. The topological polar surface area (TPSA) is 56.2 Å². The van der Waals surface area contributed by atoms with Crippen molar-refractivity contribution in [2.45, 2.75) is 57.3 Å². The number of methoxy groups -OCH3 is 1. The van der Waals surface area contributed by atoms with Gasteiger partial charge in [0.2, 0.25) is 5.91 Å². The zero-order valence-corrected chi connectivity index (χ0v) is 16.3. The number of nitrogens with zero attached hydrogens (tertiary/aromatic N) is 2. The highest BCUT2D eigenvalue weighted by Crippen LogP contribution is 2.24. The number of benzene rings is 1. The van der Waals surface area contributed by atoms with E-state index in [0.717, 1.165) is 29.2 Å². The van der Waals surface area contributed by atoms with Crippen LogP contribution < -0.4 is 5.32 Å². The van der Waals surface area contributed by atoms with Gasteiger partial charge in [0.25, 0.3) is 0 Å². The largest absolute Gasteiger partial charge is 0.383 e. The van der Waals surface area contributed by atoms with Gasteiger partial charge in [-0.3, -0.25) is 4.79 Å². The molecule has 1 atom stereocenters. The molecule has 138 valence electrons. The number of thioether (sulfide) groups is 1. The van der Waals surface area contributed by atoms with Crippen molar-refractivity contribution in [3.63, 3.8) is 0 Å². The third-order valence-corrected chi connectivity index (χ3v) is 4.99. The molecular weight excluding hydrogens is 334 g/mol. The van der Waals surface area contributed by atoms with Gasteiger partial charge in [-0.2, -0.15) is 0 Å². The molecule has 0 fully saturated rings. The fourth-order valence-corrected chi connectivity index (χ4v) is 3.67. The van der Waals surface area contributed by atoms with E-state index in [1.165, 1.54) is 31.0 Å². The number of fused-ring (bicyclic) bond motifs is 1. The molecule has 0 radical (unpaired) electrons. The first-order valence-electron chi connectivity index (χ1n) is 9.02. The lowest BCUT2D eigenvalue weighted by molar-refractivity contribution is -0.119. The molecule has 0 aliphatic rings. The number of hydrogen-bond acceptors (Lipinski definition) is 4. The highest BCUT2D eigenvalue weighted by atomic mass is 32.2. The van der Waals surface area contributed by atoms with Crippen molar-refractivity contribution in [2.75, 3.05) is 19.5 Å². The molecule has 2 aromatic rings. The second kappa shape index (κ2) is 10.5. The number of nitrogens with one attached hydrogen (secondary N) is 1. The summed E-state index contributed by atoms with van der Waals surface area (Å²) in [5.74, 6) is 0.380. The zero-order valence-electron chi connectivity index (χ0n) is 15.5. The molecule has 0 saturated heterocycles. The Bertz CT molecular complexity index is 672. The second-order valence-corrected chi connectivity index (χ2v) is 7.25. The summed E-state index contributed by atoms with van der Waals surface area (Å²) in [6.07, 6.45) is 4.85. The van der Waals surface area contributed by atoms with E-state index in [4.69, 9.17) is 9.72 Å². The zero-order chi connectivity index (χ0) is 18.1. The summed E-state index contributed by atoms with van der Waals surface area (Å²) >= 11 is 1.50. The van der Waals surface area contributed by atoms with E-state index >= 15 is 0 Å². The number of unbranched alkanes of at least 4 members (excludes halogenated alkanes) is 3. The predicted octanol–water partition coefficient (Wildman–Crippen LogP) is 3.86. The van der Waals surface area contributed by atoms with Crippen LogP contribution >= 0.6 is 11.8 Å². The Morgan fingerprint density at radius 2 is 2.12 bits per heavy atom. The van der Waals surface area contributed by atoms with Crippen LogP contribution in [0.15, 0.2) is 29.4 Å². The van der Waals surface area contributed by atoms with Crippen LogP contribution in [-0.4, -0.2) is 41.0 Å². The number of amides is 1. The maximum Gasteiger partial charge on any atom is 0.230 e. The van der Waals surface area contributed by atoms with Crippen molar-refractivity contribution in [2.24, 2.45) is 0 Å². The van der Waals surface area contributed by atoms with Gasteiger partial charge in [-0.05, 0) is 25.5 Å². The third kappa shape index (κ3) is 6.04. The molecule has 2 rings (SSSR count). The summed E-state index contributed by atoms with van der Waals surface area (Å²) in [4.78, 5) is 16.8. The molecular formula is C19H29N3O2S. The maximum absolute atomic E-state index is 12.1.